The van der Waals surface area contributed by atoms with Crippen LogP contribution in [0.1, 0.15) is 63.7 Å². The second-order valence-corrected chi connectivity index (χ2v) is 11.0. The Bertz CT molecular complexity index is 1140. The van der Waals surface area contributed by atoms with Crippen molar-refractivity contribution in [3.8, 4) is 11.8 Å². The Kier molecular flexibility index (Phi) is 13.9. The highest BCUT2D eigenvalue weighted by Crippen LogP contribution is 2.29. The normalized spacial score (nSPS) is 18.6. The van der Waals surface area contributed by atoms with Crippen molar-refractivity contribution >= 4 is 23.9 Å². The molecule has 1 aromatic rings. The maximum atomic E-state index is 12.3. The standard InChI is InChI=1S/C31H42N2O10/c1-31(2,3)43-28(35)7-5-15-39-17-19-41-21-20-40-18-16-38-14-4-6-23-8-10-24(11-9-23)26-22-33(30(37)42-26)25-12-13-27(34)32-29(25)36/h8-11,25-26H,5,7,12-22H2,1-3H3,(H,32,34,36)/t25?,26-/m1/s1. The highest BCUT2D eigenvalue weighted by Gasteiger charge is 2.41. The van der Waals surface area contributed by atoms with Crippen LogP contribution in [-0.2, 0) is 42.8 Å². The van der Waals surface area contributed by atoms with E-state index in [1.807, 2.05) is 45.0 Å². The van der Waals surface area contributed by atoms with Gasteiger partial charge >= 0.3 is 12.1 Å². The van der Waals surface area contributed by atoms with Crippen molar-refractivity contribution in [1.29, 1.82) is 0 Å². The van der Waals surface area contributed by atoms with E-state index in [-0.39, 0.29) is 31.4 Å². The van der Waals surface area contributed by atoms with E-state index >= 15 is 0 Å². The molecule has 12 heteroatoms. The van der Waals surface area contributed by atoms with E-state index in [4.69, 9.17) is 28.4 Å². The number of carbonyl (C=O) groups excluding carboxylic acids is 4. The highest BCUT2D eigenvalue weighted by atomic mass is 16.6. The quantitative estimate of drug-likeness (QED) is 0.130. The lowest BCUT2D eigenvalue weighted by Crippen LogP contribution is -2.52. The molecule has 2 fully saturated rings. The zero-order valence-corrected chi connectivity index (χ0v) is 25.2. The third kappa shape index (κ3) is 12.7. The van der Waals surface area contributed by atoms with Gasteiger partial charge in [0, 0.05) is 25.0 Å². The number of amides is 3. The van der Waals surface area contributed by atoms with Crippen LogP contribution in [0.25, 0.3) is 0 Å². The Labute approximate surface area is 252 Å². The summed E-state index contributed by atoms with van der Waals surface area (Å²) in [5.74, 6) is 4.97. The van der Waals surface area contributed by atoms with Gasteiger partial charge in [0.1, 0.15) is 24.4 Å². The number of nitrogens with zero attached hydrogens (tertiary/aromatic N) is 1. The second kappa shape index (κ2) is 17.6. The van der Waals surface area contributed by atoms with E-state index in [0.29, 0.717) is 65.5 Å². The first kappa shape index (κ1) is 34.0. The van der Waals surface area contributed by atoms with Crippen LogP contribution in [-0.4, -0.2) is 99.8 Å². The van der Waals surface area contributed by atoms with Crippen LogP contribution in [0, 0.1) is 11.8 Å². The van der Waals surface area contributed by atoms with Gasteiger partial charge in [-0.2, -0.15) is 0 Å². The van der Waals surface area contributed by atoms with Crippen LogP contribution in [0.15, 0.2) is 24.3 Å². The average Bonchev–Trinajstić information content (AvgIpc) is 3.33. The number of hydrogen-bond donors (Lipinski definition) is 1. The van der Waals surface area contributed by atoms with Gasteiger partial charge in [0.25, 0.3) is 0 Å². The number of ether oxygens (including phenoxy) is 6. The van der Waals surface area contributed by atoms with E-state index in [1.54, 1.807) is 0 Å². The summed E-state index contributed by atoms with van der Waals surface area (Å²) in [6.07, 6.45) is 0.381. The lowest BCUT2D eigenvalue weighted by atomic mass is 10.0. The molecule has 0 spiro atoms. The summed E-state index contributed by atoms with van der Waals surface area (Å²) < 4.78 is 32.5. The van der Waals surface area contributed by atoms with E-state index in [2.05, 4.69) is 17.2 Å². The molecule has 1 unspecified atom stereocenters. The minimum absolute atomic E-state index is 0.197. The Hall–Kier alpha value is -3.50. The summed E-state index contributed by atoms with van der Waals surface area (Å²) >= 11 is 0. The van der Waals surface area contributed by atoms with E-state index in [1.165, 1.54) is 4.90 Å². The van der Waals surface area contributed by atoms with Gasteiger partial charge in [0.2, 0.25) is 11.8 Å². The summed E-state index contributed by atoms with van der Waals surface area (Å²) in [7, 11) is 0. The van der Waals surface area contributed by atoms with Gasteiger partial charge < -0.3 is 28.4 Å². The second-order valence-electron chi connectivity index (χ2n) is 11.0. The lowest BCUT2D eigenvalue weighted by Gasteiger charge is -2.27. The number of imide groups is 1. The van der Waals surface area contributed by atoms with Crippen LogP contribution >= 0.6 is 0 Å². The van der Waals surface area contributed by atoms with Crippen LogP contribution in [0.4, 0.5) is 4.79 Å². The van der Waals surface area contributed by atoms with E-state index < -0.39 is 29.7 Å². The molecule has 1 N–H and O–H groups in total. The van der Waals surface area contributed by atoms with Crippen molar-refractivity contribution < 1.29 is 47.6 Å². The summed E-state index contributed by atoms with van der Waals surface area (Å²) in [5.41, 5.74) is 1.13. The first-order valence-electron chi connectivity index (χ1n) is 14.5. The molecule has 2 aliphatic heterocycles. The molecule has 2 aliphatic rings. The smallest absolute Gasteiger partial charge is 0.411 e. The van der Waals surface area contributed by atoms with Crippen LogP contribution in [0.3, 0.4) is 0 Å². The number of cyclic esters (lactones) is 1. The molecule has 236 valence electrons. The molecule has 2 saturated heterocycles. The van der Waals surface area contributed by atoms with Crippen LogP contribution in [0.2, 0.25) is 0 Å². The molecule has 2 atom stereocenters. The molecular formula is C31H42N2O10. The monoisotopic (exact) mass is 602 g/mol. The Morgan fingerprint density at radius 3 is 2.21 bits per heavy atom. The van der Waals surface area contributed by atoms with E-state index in [9.17, 15) is 19.2 Å². The van der Waals surface area contributed by atoms with Crippen molar-refractivity contribution in [1.82, 2.24) is 10.2 Å². The van der Waals surface area contributed by atoms with Gasteiger partial charge in [-0.1, -0.05) is 24.0 Å². The zero-order chi connectivity index (χ0) is 31.1. The summed E-state index contributed by atoms with van der Waals surface area (Å²) in [6, 6.07) is 6.66. The number of piperidine rings is 1. The predicted molar refractivity (Wildman–Crippen MR) is 154 cm³/mol. The molecule has 0 radical (unpaired) electrons. The van der Waals surface area contributed by atoms with Crippen molar-refractivity contribution in [3.63, 3.8) is 0 Å². The molecule has 3 amide bonds. The first-order valence-corrected chi connectivity index (χ1v) is 14.5. The molecule has 1 aromatic carbocycles. The maximum absolute atomic E-state index is 12.3. The van der Waals surface area contributed by atoms with Gasteiger partial charge in [0.15, 0.2) is 0 Å². The summed E-state index contributed by atoms with van der Waals surface area (Å²) in [6.45, 7) is 9.15. The summed E-state index contributed by atoms with van der Waals surface area (Å²) in [5, 5.41) is 2.27. The molecule has 2 heterocycles. The minimum atomic E-state index is -0.695. The van der Waals surface area contributed by atoms with Crippen LogP contribution in [0.5, 0.6) is 0 Å². The van der Waals surface area contributed by atoms with Crippen molar-refractivity contribution in [2.45, 2.75) is 64.2 Å². The molecule has 3 rings (SSSR count). The maximum Gasteiger partial charge on any atom is 0.411 e. The van der Waals surface area contributed by atoms with Gasteiger partial charge in [-0.25, -0.2) is 4.79 Å². The Morgan fingerprint density at radius 2 is 1.58 bits per heavy atom. The third-order valence-electron chi connectivity index (χ3n) is 6.32. The Morgan fingerprint density at radius 1 is 0.953 bits per heavy atom. The average molecular weight is 603 g/mol. The lowest BCUT2D eigenvalue weighted by molar-refractivity contribution is -0.155. The molecule has 43 heavy (non-hydrogen) atoms. The van der Waals surface area contributed by atoms with Gasteiger partial charge in [-0.15, -0.1) is 0 Å². The summed E-state index contributed by atoms with van der Waals surface area (Å²) in [4.78, 5) is 48.8. The number of hydrogen-bond acceptors (Lipinski definition) is 10. The number of benzene rings is 1. The SMILES string of the molecule is CC(C)(C)OC(=O)CCCOCCOCCOCCOCC#Cc1ccc([C@H]2CN(C3CCC(=O)NC3=O)C(=O)O2)cc1. The molecule has 0 aliphatic carbocycles. The minimum Gasteiger partial charge on any atom is -0.460 e. The van der Waals surface area contributed by atoms with Crippen molar-refractivity contribution in [2.75, 3.05) is 59.4 Å². The first-order chi connectivity index (χ1) is 20.6. The molecule has 0 aromatic heterocycles. The fourth-order valence-electron chi connectivity index (χ4n) is 4.30. The highest BCUT2D eigenvalue weighted by molar-refractivity contribution is 6.01. The Balaban J connectivity index is 1.17. The molecular weight excluding hydrogens is 560 g/mol. The van der Waals surface area contributed by atoms with E-state index in [0.717, 1.165) is 11.1 Å². The van der Waals surface area contributed by atoms with Crippen molar-refractivity contribution in [2.24, 2.45) is 0 Å². The number of nitrogens with one attached hydrogen (secondary N) is 1. The largest absolute Gasteiger partial charge is 0.460 e. The fraction of sp³-hybridized carbons (Fsp3) is 0.613. The van der Waals surface area contributed by atoms with Gasteiger partial charge in [0.05, 0.1) is 46.2 Å². The molecule has 12 nitrogen and oxygen atoms in total. The predicted octanol–water partition coefficient (Wildman–Crippen LogP) is 2.52. The number of rotatable bonds is 16. The van der Waals surface area contributed by atoms with Crippen molar-refractivity contribution in [3.05, 3.63) is 35.4 Å². The molecule has 0 bridgehead atoms. The molecule has 0 saturated carbocycles. The van der Waals surface area contributed by atoms with Crippen LogP contribution < -0.4 is 5.32 Å². The van der Waals surface area contributed by atoms with Gasteiger partial charge in [-0.3, -0.25) is 24.6 Å². The zero-order valence-electron chi connectivity index (χ0n) is 25.2. The number of esters is 1. The number of carbonyl (C=O) groups is 4. The van der Waals surface area contributed by atoms with Gasteiger partial charge in [-0.05, 0) is 51.3 Å². The fourth-order valence-corrected chi connectivity index (χ4v) is 4.30. The topological polar surface area (TPSA) is 139 Å². The third-order valence-corrected chi connectivity index (χ3v) is 6.32.